The van der Waals surface area contributed by atoms with Crippen molar-refractivity contribution in [1.29, 1.82) is 0 Å². The monoisotopic (exact) mass is 302 g/mol. The van der Waals surface area contributed by atoms with E-state index in [1.807, 2.05) is 6.07 Å². The average molecular weight is 302 g/mol. The fraction of sp³-hybridized carbons (Fsp3) is 0.667. The van der Waals surface area contributed by atoms with E-state index in [0.29, 0.717) is 30.3 Å². The molecule has 1 aromatic rings. The van der Waals surface area contributed by atoms with Crippen molar-refractivity contribution in [1.82, 2.24) is 9.47 Å². The highest BCUT2D eigenvalue weighted by Gasteiger charge is 2.55. The van der Waals surface area contributed by atoms with Crippen LogP contribution >= 0.6 is 0 Å². The molecule has 4 heteroatoms. The lowest BCUT2D eigenvalue weighted by Crippen LogP contribution is -2.67. The molecule has 0 N–H and O–H groups in total. The SMILES string of the molecule is CC(C)C1N(C(=O)CCn2ccccc2=O)CC12CCCC2. The van der Waals surface area contributed by atoms with Crippen molar-refractivity contribution in [2.75, 3.05) is 6.54 Å². The van der Waals surface area contributed by atoms with Crippen molar-refractivity contribution in [3.05, 3.63) is 34.7 Å². The Hall–Kier alpha value is -1.58. The van der Waals surface area contributed by atoms with Crippen LogP contribution in [0, 0.1) is 11.3 Å². The van der Waals surface area contributed by atoms with Gasteiger partial charge < -0.3 is 9.47 Å². The van der Waals surface area contributed by atoms with Gasteiger partial charge in [-0.3, -0.25) is 9.59 Å². The number of rotatable bonds is 4. The van der Waals surface area contributed by atoms with Gasteiger partial charge in [0.15, 0.2) is 0 Å². The molecule has 3 rings (SSSR count). The van der Waals surface area contributed by atoms with Gasteiger partial charge in [-0.25, -0.2) is 0 Å². The summed E-state index contributed by atoms with van der Waals surface area (Å²) in [5.41, 5.74) is 0.361. The second kappa shape index (κ2) is 5.90. The molecule has 1 saturated heterocycles. The first kappa shape index (κ1) is 15.3. The maximum Gasteiger partial charge on any atom is 0.250 e. The molecule has 0 bridgehead atoms. The van der Waals surface area contributed by atoms with Crippen LogP contribution in [-0.2, 0) is 11.3 Å². The third kappa shape index (κ3) is 2.59. The minimum Gasteiger partial charge on any atom is -0.338 e. The number of pyridine rings is 1. The molecule has 2 heterocycles. The van der Waals surface area contributed by atoms with E-state index in [9.17, 15) is 9.59 Å². The quantitative estimate of drug-likeness (QED) is 0.858. The third-order valence-electron chi connectivity index (χ3n) is 5.47. The summed E-state index contributed by atoms with van der Waals surface area (Å²) in [6.07, 6.45) is 7.35. The number of nitrogens with zero attached hydrogens (tertiary/aromatic N) is 2. The molecule has 22 heavy (non-hydrogen) atoms. The van der Waals surface area contributed by atoms with Crippen molar-refractivity contribution < 1.29 is 4.79 Å². The van der Waals surface area contributed by atoms with Gasteiger partial charge in [0.25, 0.3) is 5.56 Å². The maximum absolute atomic E-state index is 12.6. The molecule has 1 aliphatic heterocycles. The van der Waals surface area contributed by atoms with E-state index in [0.717, 1.165) is 6.54 Å². The van der Waals surface area contributed by atoms with Gasteiger partial charge in [-0.05, 0) is 24.8 Å². The summed E-state index contributed by atoms with van der Waals surface area (Å²) >= 11 is 0. The second-order valence-electron chi connectivity index (χ2n) is 7.26. The lowest BCUT2D eigenvalue weighted by atomic mass is 9.66. The van der Waals surface area contributed by atoms with Crippen molar-refractivity contribution in [3.63, 3.8) is 0 Å². The Kier molecular flexibility index (Phi) is 4.11. The highest BCUT2D eigenvalue weighted by Crippen LogP contribution is 2.52. The molecular weight excluding hydrogens is 276 g/mol. The van der Waals surface area contributed by atoms with Crippen LogP contribution in [0.4, 0.5) is 0 Å². The normalized spacial score (nSPS) is 23.0. The predicted molar refractivity (Wildman–Crippen MR) is 86.6 cm³/mol. The Balaban J connectivity index is 1.63. The zero-order valence-corrected chi connectivity index (χ0v) is 13.6. The van der Waals surface area contributed by atoms with Crippen LogP contribution in [-0.4, -0.2) is 28.0 Å². The van der Waals surface area contributed by atoms with Crippen molar-refractivity contribution in [2.45, 2.75) is 58.5 Å². The van der Waals surface area contributed by atoms with E-state index in [1.54, 1.807) is 22.9 Å². The summed E-state index contributed by atoms with van der Waals surface area (Å²) in [7, 11) is 0. The first-order valence-electron chi connectivity index (χ1n) is 8.48. The van der Waals surface area contributed by atoms with E-state index >= 15 is 0 Å². The molecule has 1 aromatic heterocycles. The van der Waals surface area contributed by atoms with E-state index in [1.165, 1.54) is 25.7 Å². The topological polar surface area (TPSA) is 42.3 Å². The molecule has 1 unspecified atom stereocenters. The van der Waals surface area contributed by atoms with Crippen LogP contribution in [0.15, 0.2) is 29.2 Å². The molecule has 1 spiro atoms. The van der Waals surface area contributed by atoms with Gasteiger partial charge >= 0.3 is 0 Å². The molecule has 0 aromatic carbocycles. The third-order valence-corrected chi connectivity index (χ3v) is 5.47. The van der Waals surface area contributed by atoms with Crippen LogP contribution in [0.25, 0.3) is 0 Å². The van der Waals surface area contributed by atoms with Gasteiger partial charge in [0.05, 0.1) is 0 Å². The Labute approximate surface area is 132 Å². The van der Waals surface area contributed by atoms with E-state index in [4.69, 9.17) is 0 Å². The van der Waals surface area contributed by atoms with Crippen LogP contribution in [0.5, 0.6) is 0 Å². The van der Waals surface area contributed by atoms with Crippen LogP contribution in [0.3, 0.4) is 0 Å². The number of likely N-dealkylation sites (tertiary alicyclic amines) is 1. The Morgan fingerprint density at radius 3 is 2.68 bits per heavy atom. The minimum absolute atomic E-state index is 0.0356. The highest BCUT2D eigenvalue weighted by molar-refractivity contribution is 5.77. The molecule has 1 aliphatic carbocycles. The van der Waals surface area contributed by atoms with E-state index in [-0.39, 0.29) is 11.5 Å². The van der Waals surface area contributed by atoms with Gasteiger partial charge in [0, 0.05) is 43.2 Å². The van der Waals surface area contributed by atoms with E-state index < -0.39 is 0 Å². The number of carbonyl (C=O) groups excluding carboxylic acids is 1. The fourth-order valence-electron chi connectivity index (χ4n) is 4.60. The zero-order chi connectivity index (χ0) is 15.7. The number of hydrogen-bond donors (Lipinski definition) is 0. The Morgan fingerprint density at radius 2 is 2.05 bits per heavy atom. The molecule has 1 amide bonds. The minimum atomic E-state index is -0.0356. The first-order valence-corrected chi connectivity index (χ1v) is 8.48. The van der Waals surface area contributed by atoms with Crippen LogP contribution in [0.1, 0.15) is 46.0 Å². The van der Waals surface area contributed by atoms with Crippen LogP contribution < -0.4 is 5.56 Å². The van der Waals surface area contributed by atoms with Gasteiger partial charge in [-0.1, -0.05) is 32.8 Å². The Morgan fingerprint density at radius 1 is 1.32 bits per heavy atom. The molecular formula is C18H26N2O2. The second-order valence-corrected chi connectivity index (χ2v) is 7.26. The molecule has 4 nitrogen and oxygen atoms in total. The lowest BCUT2D eigenvalue weighted by Gasteiger charge is -2.58. The summed E-state index contributed by atoms with van der Waals surface area (Å²) in [6, 6.07) is 5.50. The summed E-state index contributed by atoms with van der Waals surface area (Å²) in [6.45, 7) is 5.86. The summed E-state index contributed by atoms with van der Waals surface area (Å²) in [4.78, 5) is 26.3. The number of aryl methyl sites for hydroxylation is 1. The molecule has 2 fully saturated rings. The molecule has 1 atom stereocenters. The van der Waals surface area contributed by atoms with Gasteiger partial charge in [-0.2, -0.15) is 0 Å². The Bertz CT molecular complexity index is 599. The number of hydrogen-bond acceptors (Lipinski definition) is 2. The first-order chi connectivity index (χ1) is 10.5. The zero-order valence-electron chi connectivity index (χ0n) is 13.6. The number of aromatic nitrogens is 1. The predicted octanol–water partition coefficient (Wildman–Crippen LogP) is 2.67. The standard InChI is InChI=1S/C18H26N2O2/c1-14(2)17-18(9-4-5-10-18)13-20(17)16(22)8-12-19-11-6-3-7-15(19)21/h3,6-7,11,14,17H,4-5,8-10,12-13H2,1-2H3. The maximum atomic E-state index is 12.6. The number of carbonyl (C=O) groups is 1. The lowest BCUT2D eigenvalue weighted by molar-refractivity contribution is -0.159. The van der Waals surface area contributed by atoms with Gasteiger partial charge in [0.2, 0.25) is 5.91 Å². The summed E-state index contributed by atoms with van der Waals surface area (Å²) in [5.74, 6) is 0.710. The van der Waals surface area contributed by atoms with Crippen molar-refractivity contribution in [2.24, 2.45) is 11.3 Å². The smallest absolute Gasteiger partial charge is 0.250 e. The molecule has 1 saturated carbocycles. The summed E-state index contributed by atoms with van der Waals surface area (Å²) in [5, 5.41) is 0. The highest BCUT2D eigenvalue weighted by atomic mass is 16.2. The van der Waals surface area contributed by atoms with Gasteiger partial charge in [0.1, 0.15) is 0 Å². The van der Waals surface area contributed by atoms with E-state index in [2.05, 4.69) is 18.7 Å². The van der Waals surface area contributed by atoms with Crippen molar-refractivity contribution in [3.8, 4) is 0 Å². The molecule has 2 aliphatic rings. The summed E-state index contributed by atoms with van der Waals surface area (Å²) < 4.78 is 1.62. The fourth-order valence-corrected chi connectivity index (χ4v) is 4.60. The number of amides is 1. The van der Waals surface area contributed by atoms with Crippen LogP contribution in [0.2, 0.25) is 0 Å². The molecule has 120 valence electrons. The van der Waals surface area contributed by atoms with Gasteiger partial charge in [-0.15, -0.1) is 0 Å². The van der Waals surface area contributed by atoms with Crippen molar-refractivity contribution >= 4 is 5.91 Å². The molecule has 0 radical (unpaired) electrons. The average Bonchev–Trinajstić information content (AvgIpc) is 2.94. The largest absolute Gasteiger partial charge is 0.338 e.